The van der Waals surface area contributed by atoms with Crippen LogP contribution in [0, 0.1) is 0 Å². The SMILES string of the molecule is CCNC1CCOCC1N(C)C(C)C. The van der Waals surface area contributed by atoms with Crippen LogP contribution in [0.3, 0.4) is 0 Å². The van der Waals surface area contributed by atoms with E-state index in [2.05, 4.69) is 38.0 Å². The number of nitrogens with one attached hydrogen (secondary N) is 1. The van der Waals surface area contributed by atoms with E-state index in [1.807, 2.05) is 0 Å². The first-order chi connectivity index (χ1) is 6.66. The molecule has 0 aromatic rings. The number of nitrogens with zero attached hydrogens (tertiary/aromatic N) is 1. The third kappa shape index (κ3) is 2.94. The lowest BCUT2D eigenvalue weighted by atomic mass is 10.0. The van der Waals surface area contributed by atoms with Crippen LogP contribution in [0.5, 0.6) is 0 Å². The van der Waals surface area contributed by atoms with Gasteiger partial charge in [-0.05, 0) is 33.9 Å². The Hall–Kier alpha value is -0.120. The van der Waals surface area contributed by atoms with Gasteiger partial charge < -0.3 is 10.1 Å². The van der Waals surface area contributed by atoms with Gasteiger partial charge in [0.1, 0.15) is 0 Å². The maximum atomic E-state index is 5.55. The van der Waals surface area contributed by atoms with Crippen molar-refractivity contribution in [3.05, 3.63) is 0 Å². The fourth-order valence-electron chi connectivity index (χ4n) is 2.01. The normalized spacial score (nSPS) is 28.7. The monoisotopic (exact) mass is 200 g/mol. The molecule has 3 heteroatoms. The van der Waals surface area contributed by atoms with E-state index in [4.69, 9.17) is 4.74 Å². The van der Waals surface area contributed by atoms with E-state index in [1.165, 1.54) is 0 Å². The van der Waals surface area contributed by atoms with Crippen molar-refractivity contribution in [3.8, 4) is 0 Å². The highest BCUT2D eigenvalue weighted by Gasteiger charge is 2.29. The van der Waals surface area contributed by atoms with Crippen molar-refractivity contribution in [3.63, 3.8) is 0 Å². The molecule has 3 nitrogen and oxygen atoms in total. The molecule has 2 atom stereocenters. The minimum atomic E-state index is 0.531. The summed E-state index contributed by atoms with van der Waals surface area (Å²) in [6, 6.07) is 1.72. The summed E-state index contributed by atoms with van der Waals surface area (Å²) in [7, 11) is 2.19. The van der Waals surface area contributed by atoms with Crippen molar-refractivity contribution in [1.29, 1.82) is 0 Å². The van der Waals surface area contributed by atoms with E-state index in [1.54, 1.807) is 0 Å². The second-order valence-corrected chi connectivity index (χ2v) is 4.35. The molecule has 1 aliphatic rings. The van der Waals surface area contributed by atoms with Crippen molar-refractivity contribution in [2.45, 2.75) is 45.3 Å². The molecule has 0 aromatic carbocycles. The first-order valence-corrected chi connectivity index (χ1v) is 5.69. The third-order valence-corrected chi connectivity index (χ3v) is 3.13. The van der Waals surface area contributed by atoms with Gasteiger partial charge in [0.15, 0.2) is 0 Å². The maximum Gasteiger partial charge on any atom is 0.0637 e. The molecule has 0 aromatic heterocycles. The van der Waals surface area contributed by atoms with Gasteiger partial charge in [0.2, 0.25) is 0 Å². The van der Waals surface area contributed by atoms with Crippen LogP contribution < -0.4 is 5.32 Å². The van der Waals surface area contributed by atoms with Gasteiger partial charge in [0, 0.05) is 24.7 Å². The zero-order valence-electron chi connectivity index (χ0n) is 9.92. The summed E-state index contributed by atoms with van der Waals surface area (Å²) in [5.74, 6) is 0. The molecule has 0 radical (unpaired) electrons. The Kier molecular flexibility index (Phi) is 4.85. The molecule has 0 bridgehead atoms. The van der Waals surface area contributed by atoms with Crippen LogP contribution in [0.4, 0.5) is 0 Å². The molecular weight excluding hydrogens is 176 g/mol. The molecule has 14 heavy (non-hydrogen) atoms. The Bertz CT molecular complexity index is 159. The van der Waals surface area contributed by atoms with Gasteiger partial charge >= 0.3 is 0 Å². The Morgan fingerprint density at radius 3 is 2.79 bits per heavy atom. The van der Waals surface area contributed by atoms with Gasteiger partial charge in [-0.25, -0.2) is 0 Å². The average Bonchev–Trinajstić information content (AvgIpc) is 2.18. The van der Waals surface area contributed by atoms with Gasteiger partial charge in [0.05, 0.1) is 6.61 Å². The number of ether oxygens (including phenoxy) is 1. The van der Waals surface area contributed by atoms with Gasteiger partial charge in [-0.2, -0.15) is 0 Å². The number of hydrogen-bond acceptors (Lipinski definition) is 3. The minimum Gasteiger partial charge on any atom is -0.380 e. The van der Waals surface area contributed by atoms with E-state index in [-0.39, 0.29) is 0 Å². The first-order valence-electron chi connectivity index (χ1n) is 5.69. The lowest BCUT2D eigenvalue weighted by molar-refractivity contribution is -0.00327. The van der Waals surface area contributed by atoms with Crippen molar-refractivity contribution in [1.82, 2.24) is 10.2 Å². The first kappa shape index (κ1) is 12.0. The summed E-state index contributed by atoms with van der Waals surface area (Å²) < 4.78 is 5.55. The summed E-state index contributed by atoms with van der Waals surface area (Å²) in [6.45, 7) is 9.46. The molecule has 1 rings (SSSR count). The molecule has 0 amide bonds. The summed E-state index contributed by atoms with van der Waals surface area (Å²) >= 11 is 0. The minimum absolute atomic E-state index is 0.531. The topological polar surface area (TPSA) is 24.5 Å². The molecule has 2 unspecified atom stereocenters. The second-order valence-electron chi connectivity index (χ2n) is 4.35. The Morgan fingerprint density at radius 2 is 2.21 bits per heavy atom. The van der Waals surface area contributed by atoms with Crippen LogP contribution >= 0.6 is 0 Å². The zero-order valence-corrected chi connectivity index (χ0v) is 9.92. The zero-order chi connectivity index (χ0) is 10.6. The fraction of sp³-hybridized carbons (Fsp3) is 1.00. The van der Waals surface area contributed by atoms with E-state index in [0.717, 1.165) is 26.2 Å². The molecule has 0 saturated carbocycles. The summed E-state index contributed by atoms with van der Waals surface area (Å²) in [4.78, 5) is 2.41. The standard InChI is InChI=1S/C11H24N2O/c1-5-12-10-6-7-14-8-11(10)13(4)9(2)3/h9-12H,5-8H2,1-4H3. The Morgan fingerprint density at radius 1 is 1.50 bits per heavy atom. The van der Waals surface area contributed by atoms with Crippen molar-refractivity contribution >= 4 is 0 Å². The molecule has 1 aliphatic heterocycles. The smallest absolute Gasteiger partial charge is 0.0637 e. The van der Waals surface area contributed by atoms with Crippen LogP contribution in [0.25, 0.3) is 0 Å². The van der Waals surface area contributed by atoms with Gasteiger partial charge in [-0.3, -0.25) is 4.90 Å². The van der Waals surface area contributed by atoms with Crippen LogP contribution in [0.15, 0.2) is 0 Å². The Balaban J connectivity index is 2.52. The van der Waals surface area contributed by atoms with Crippen LogP contribution in [-0.4, -0.2) is 49.8 Å². The number of hydrogen-bond donors (Lipinski definition) is 1. The van der Waals surface area contributed by atoms with Crippen molar-refractivity contribution in [2.24, 2.45) is 0 Å². The summed E-state index contributed by atoms with van der Waals surface area (Å²) in [5.41, 5.74) is 0. The lowest BCUT2D eigenvalue weighted by Gasteiger charge is -2.40. The van der Waals surface area contributed by atoms with Gasteiger partial charge in [-0.1, -0.05) is 6.92 Å². The maximum absolute atomic E-state index is 5.55. The molecule has 84 valence electrons. The highest BCUT2D eigenvalue weighted by molar-refractivity contribution is 4.86. The number of rotatable bonds is 4. The van der Waals surface area contributed by atoms with Crippen LogP contribution in [-0.2, 0) is 4.74 Å². The lowest BCUT2D eigenvalue weighted by Crippen LogP contribution is -2.55. The average molecular weight is 200 g/mol. The summed E-state index contributed by atoms with van der Waals surface area (Å²) in [5, 5.41) is 3.55. The van der Waals surface area contributed by atoms with Gasteiger partial charge in [0.25, 0.3) is 0 Å². The molecule has 1 heterocycles. The van der Waals surface area contributed by atoms with E-state index < -0.39 is 0 Å². The quantitative estimate of drug-likeness (QED) is 0.735. The summed E-state index contributed by atoms with van der Waals surface area (Å²) in [6.07, 6.45) is 1.13. The molecule has 1 fully saturated rings. The van der Waals surface area contributed by atoms with Crippen LogP contribution in [0.1, 0.15) is 27.2 Å². The Labute approximate surface area is 87.8 Å². The van der Waals surface area contributed by atoms with E-state index in [0.29, 0.717) is 18.1 Å². The predicted octanol–water partition coefficient (Wildman–Crippen LogP) is 1.09. The molecule has 1 saturated heterocycles. The van der Waals surface area contributed by atoms with Crippen molar-refractivity contribution < 1.29 is 4.74 Å². The van der Waals surface area contributed by atoms with E-state index in [9.17, 15) is 0 Å². The van der Waals surface area contributed by atoms with Gasteiger partial charge in [-0.15, -0.1) is 0 Å². The predicted molar refractivity (Wildman–Crippen MR) is 59.6 cm³/mol. The third-order valence-electron chi connectivity index (χ3n) is 3.13. The molecule has 1 N–H and O–H groups in total. The van der Waals surface area contributed by atoms with E-state index >= 15 is 0 Å². The highest BCUT2D eigenvalue weighted by Crippen LogP contribution is 2.15. The van der Waals surface area contributed by atoms with Crippen LogP contribution in [0.2, 0.25) is 0 Å². The fourth-order valence-corrected chi connectivity index (χ4v) is 2.01. The molecular formula is C11H24N2O. The second kappa shape index (κ2) is 5.69. The molecule has 0 aliphatic carbocycles. The van der Waals surface area contributed by atoms with Crippen molar-refractivity contribution in [2.75, 3.05) is 26.8 Å². The largest absolute Gasteiger partial charge is 0.380 e. The molecule has 0 spiro atoms. The number of likely N-dealkylation sites (N-methyl/N-ethyl adjacent to an activating group) is 2. The highest BCUT2D eigenvalue weighted by atomic mass is 16.5.